The number of nitrogens with zero attached hydrogens (tertiary/aromatic N) is 1. The maximum Gasteiger partial charge on any atom is 0.325 e. The van der Waals surface area contributed by atoms with Crippen molar-refractivity contribution in [3.05, 3.63) is 65.6 Å². The smallest absolute Gasteiger partial charge is 0.325 e. The topological polar surface area (TPSA) is 104 Å². The molecule has 1 fully saturated rings. The number of H-pyrrole nitrogens is 1. The number of benzene rings is 2. The number of carbonyl (C=O) groups is 3. The molecule has 0 spiro atoms. The zero-order valence-corrected chi connectivity index (χ0v) is 18.2. The van der Waals surface area contributed by atoms with Crippen LogP contribution < -0.4 is 15.4 Å². The highest BCUT2D eigenvalue weighted by molar-refractivity contribution is 6.04. The zero-order chi connectivity index (χ0) is 23.4. The number of hydrogen-bond donors (Lipinski definition) is 3. The van der Waals surface area contributed by atoms with Crippen LogP contribution in [0.15, 0.2) is 48.7 Å². The molecule has 0 unspecified atom stereocenters. The van der Waals surface area contributed by atoms with Gasteiger partial charge in [-0.15, -0.1) is 0 Å². The fraction of sp³-hybridized carbons (Fsp3) is 0.292. The molecule has 1 atom stereocenters. The highest BCUT2D eigenvalue weighted by Crippen LogP contribution is 2.22. The third-order valence-corrected chi connectivity index (χ3v) is 5.73. The third kappa shape index (κ3) is 4.97. The van der Waals surface area contributed by atoms with E-state index in [0.29, 0.717) is 18.7 Å². The van der Waals surface area contributed by atoms with E-state index in [4.69, 9.17) is 4.74 Å². The summed E-state index contributed by atoms with van der Waals surface area (Å²) in [7, 11) is 1.53. The Bertz CT molecular complexity index is 1190. The molecule has 1 aromatic heterocycles. The summed E-state index contributed by atoms with van der Waals surface area (Å²) in [6, 6.07) is 10.5. The average molecular weight is 452 g/mol. The molecule has 172 valence electrons. The van der Waals surface area contributed by atoms with Crippen molar-refractivity contribution in [1.29, 1.82) is 0 Å². The molecule has 4 rings (SSSR count). The highest BCUT2D eigenvalue weighted by Gasteiger charge is 2.38. The number of methoxy groups -OCH3 is 1. The minimum atomic E-state index is -0.741. The van der Waals surface area contributed by atoms with Crippen LogP contribution in [0.3, 0.4) is 0 Å². The Hall–Kier alpha value is -3.88. The molecule has 0 radical (unpaired) electrons. The first-order valence-electron chi connectivity index (χ1n) is 10.7. The number of aromatic nitrogens is 1. The quantitative estimate of drug-likeness (QED) is 0.435. The number of fused-ring (bicyclic) bond motifs is 1. The first-order chi connectivity index (χ1) is 16.0. The lowest BCUT2D eigenvalue weighted by Crippen LogP contribution is -2.33. The number of aromatic amines is 1. The number of halogens is 1. The van der Waals surface area contributed by atoms with Crippen molar-refractivity contribution in [2.24, 2.45) is 0 Å². The Morgan fingerprint density at radius 3 is 2.82 bits per heavy atom. The van der Waals surface area contributed by atoms with Crippen LogP contribution in [0.4, 0.5) is 9.18 Å². The average Bonchev–Trinajstić information content (AvgIpc) is 3.33. The van der Waals surface area contributed by atoms with E-state index < -0.39 is 12.1 Å². The van der Waals surface area contributed by atoms with Gasteiger partial charge in [-0.2, -0.15) is 0 Å². The third-order valence-electron chi connectivity index (χ3n) is 5.73. The van der Waals surface area contributed by atoms with E-state index in [2.05, 4.69) is 15.6 Å². The maximum absolute atomic E-state index is 13.5. The van der Waals surface area contributed by atoms with Crippen LogP contribution >= 0.6 is 0 Å². The van der Waals surface area contributed by atoms with Gasteiger partial charge in [-0.05, 0) is 42.7 Å². The van der Waals surface area contributed by atoms with Crippen molar-refractivity contribution in [2.75, 3.05) is 13.7 Å². The Morgan fingerprint density at radius 1 is 1.18 bits per heavy atom. The van der Waals surface area contributed by atoms with Gasteiger partial charge in [-0.1, -0.05) is 18.2 Å². The van der Waals surface area contributed by atoms with Crippen LogP contribution in [0, 0.1) is 5.82 Å². The van der Waals surface area contributed by atoms with Gasteiger partial charge in [0, 0.05) is 35.6 Å². The largest absolute Gasteiger partial charge is 0.496 e. The fourth-order valence-electron chi connectivity index (χ4n) is 3.98. The molecule has 0 bridgehead atoms. The summed E-state index contributed by atoms with van der Waals surface area (Å²) < 4.78 is 18.8. The highest BCUT2D eigenvalue weighted by atomic mass is 19.1. The monoisotopic (exact) mass is 452 g/mol. The standard InChI is InChI=1S/C24H25FN4O4/c1-33-21-5-3-2-4-16(21)14-29-23(31)20(28-24(29)32)8-9-22(30)26-11-10-15-13-27-19-7-6-17(25)12-18(15)19/h2-7,12-13,20,27H,8-11,14H2,1H3,(H,26,30)(H,28,32)/t20-/m0/s1. The van der Waals surface area contributed by atoms with E-state index in [1.807, 2.05) is 12.1 Å². The van der Waals surface area contributed by atoms with Gasteiger partial charge in [0.05, 0.1) is 13.7 Å². The van der Waals surface area contributed by atoms with Crippen LogP contribution in [0.5, 0.6) is 5.75 Å². The lowest BCUT2D eigenvalue weighted by molar-refractivity contribution is -0.128. The second kappa shape index (κ2) is 9.72. The molecule has 3 N–H and O–H groups in total. The second-order valence-corrected chi connectivity index (χ2v) is 7.88. The SMILES string of the molecule is COc1ccccc1CN1C(=O)N[C@@H](CCC(=O)NCCc2c[nH]c3ccc(F)cc23)C1=O. The molecule has 2 aromatic carbocycles. The van der Waals surface area contributed by atoms with Gasteiger partial charge in [0.25, 0.3) is 5.91 Å². The van der Waals surface area contributed by atoms with E-state index in [1.165, 1.54) is 19.2 Å². The Labute approximate surface area is 190 Å². The number of carbonyl (C=O) groups excluding carboxylic acids is 3. The molecule has 0 saturated carbocycles. The minimum Gasteiger partial charge on any atom is -0.496 e. The van der Waals surface area contributed by atoms with Crippen molar-refractivity contribution in [3.63, 3.8) is 0 Å². The first-order valence-corrected chi connectivity index (χ1v) is 10.7. The van der Waals surface area contributed by atoms with Crippen LogP contribution in [-0.2, 0) is 22.6 Å². The second-order valence-electron chi connectivity index (χ2n) is 7.88. The molecule has 3 aromatic rings. The van der Waals surface area contributed by atoms with Crippen molar-refractivity contribution >= 4 is 28.7 Å². The van der Waals surface area contributed by atoms with Gasteiger partial charge in [-0.3, -0.25) is 14.5 Å². The van der Waals surface area contributed by atoms with E-state index >= 15 is 0 Å². The van der Waals surface area contributed by atoms with Crippen LogP contribution in [0.1, 0.15) is 24.0 Å². The van der Waals surface area contributed by atoms with Crippen LogP contribution in [0.25, 0.3) is 10.9 Å². The van der Waals surface area contributed by atoms with E-state index in [0.717, 1.165) is 26.9 Å². The lowest BCUT2D eigenvalue weighted by atomic mass is 10.1. The van der Waals surface area contributed by atoms with Crippen molar-refractivity contribution in [2.45, 2.75) is 31.8 Å². The Balaban J connectivity index is 1.25. The summed E-state index contributed by atoms with van der Waals surface area (Å²) in [5.74, 6) is -0.292. The van der Waals surface area contributed by atoms with E-state index in [1.54, 1.807) is 24.4 Å². The molecule has 33 heavy (non-hydrogen) atoms. The molecular formula is C24H25FN4O4. The molecule has 1 saturated heterocycles. The summed E-state index contributed by atoms with van der Waals surface area (Å²) in [6.45, 7) is 0.482. The predicted molar refractivity (Wildman–Crippen MR) is 120 cm³/mol. The normalized spacial score (nSPS) is 15.7. The fourth-order valence-corrected chi connectivity index (χ4v) is 3.98. The van der Waals surface area contributed by atoms with Crippen molar-refractivity contribution in [1.82, 2.24) is 20.5 Å². The number of ether oxygens (including phenoxy) is 1. The molecule has 1 aliphatic heterocycles. The maximum atomic E-state index is 13.5. The van der Waals surface area contributed by atoms with E-state index in [-0.39, 0.29) is 37.0 Å². The molecule has 4 amide bonds. The molecule has 9 heteroatoms. The molecular weight excluding hydrogens is 427 g/mol. The summed E-state index contributed by atoms with van der Waals surface area (Å²) in [5.41, 5.74) is 2.47. The minimum absolute atomic E-state index is 0.0989. The molecule has 1 aliphatic rings. The van der Waals surface area contributed by atoms with Gasteiger partial charge in [0.2, 0.25) is 5.91 Å². The first kappa shape index (κ1) is 22.3. The van der Waals surface area contributed by atoms with Gasteiger partial charge in [0.15, 0.2) is 0 Å². The predicted octanol–water partition coefficient (Wildman–Crippen LogP) is 2.88. The molecule has 8 nitrogen and oxygen atoms in total. The zero-order valence-electron chi connectivity index (χ0n) is 18.2. The summed E-state index contributed by atoms with van der Waals surface area (Å²) in [5, 5.41) is 6.25. The summed E-state index contributed by atoms with van der Waals surface area (Å²) >= 11 is 0. The number of rotatable bonds is 9. The number of hydrogen-bond acceptors (Lipinski definition) is 4. The van der Waals surface area contributed by atoms with Crippen molar-refractivity contribution < 1.29 is 23.5 Å². The number of urea groups is 1. The van der Waals surface area contributed by atoms with Crippen molar-refractivity contribution in [3.8, 4) is 5.75 Å². The van der Waals surface area contributed by atoms with Gasteiger partial charge in [-0.25, -0.2) is 9.18 Å². The number of para-hydroxylation sites is 1. The summed E-state index contributed by atoms with van der Waals surface area (Å²) in [6.07, 6.45) is 2.65. The van der Waals surface area contributed by atoms with Crippen LogP contribution in [-0.4, -0.2) is 47.4 Å². The van der Waals surface area contributed by atoms with Crippen LogP contribution in [0.2, 0.25) is 0 Å². The number of nitrogens with one attached hydrogen (secondary N) is 3. The van der Waals surface area contributed by atoms with Gasteiger partial charge < -0.3 is 20.4 Å². The number of imide groups is 1. The lowest BCUT2D eigenvalue weighted by Gasteiger charge is -2.15. The van der Waals surface area contributed by atoms with Gasteiger partial charge >= 0.3 is 6.03 Å². The van der Waals surface area contributed by atoms with E-state index in [9.17, 15) is 18.8 Å². The number of amides is 4. The molecule has 2 heterocycles. The Kier molecular flexibility index (Phi) is 6.58. The molecule has 0 aliphatic carbocycles. The van der Waals surface area contributed by atoms with Gasteiger partial charge in [0.1, 0.15) is 17.6 Å². The Morgan fingerprint density at radius 2 is 2.00 bits per heavy atom. The summed E-state index contributed by atoms with van der Waals surface area (Å²) in [4.78, 5) is 41.5.